The summed E-state index contributed by atoms with van der Waals surface area (Å²) in [5.74, 6) is -0.341. The zero-order chi connectivity index (χ0) is 22.9. The van der Waals surface area contributed by atoms with Crippen LogP contribution in [-0.4, -0.2) is 48.9 Å². The van der Waals surface area contributed by atoms with Gasteiger partial charge in [-0.05, 0) is 36.4 Å². The molecule has 32 heavy (non-hydrogen) atoms. The lowest BCUT2D eigenvalue weighted by Gasteiger charge is -2.34. The summed E-state index contributed by atoms with van der Waals surface area (Å²) in [7, 11) is -3.84. The zero-order valence-corrected chi connectivity index (χ0v) is 17.4. The molecule has 0 bridgehead atoms. The molecule has 0 saturated carbocycles. The van der Waals surface area contributed by atoms with Gasteiger partial charge in [-0.1, -0.05) is 18.2 Å². The van der Waals surface area contributed by atoms with Crippen molar-refractivity contribution in [1.82, 2.24) is 14.3 Å². The van der Waals surface area contributed by atoms with Gasteiger partial charge in [0.25, 0.3) is 0 Å². The quantitative estimate of drug-likeness (QED) is 0.547. The third-order valence-electron chi connectivity index (χ3n) is 5.08. The fourth-order valence-corrected chi connectivity index (χ4v) is 4.88. The SMILES string of the molecule is O=S(=O)(c1cccc(F)c1)N1CCN(c2nccc(-c3cccc(C(F)(F)F)c3)n2)CC1. The van der Waals surface area contributed by atoms with Crippen LogP contribution in [0.25, 0.3) is 11.3 Å². The van der Waals surface area contributed by atoms with E-state index in [-0.39, 0.29) is 31.1 Å². The summed E-state index contributed by atoms with van der Waals surface area (Å²) in [6.07, 6.45) is -3.01. The van der Waals surface area contributed by atoms with Gasteiger partial charge in [-0.15, -0.1) is 0 Å². The number of alkyl halides is 3. The highest BCUT2D eigenvalue weighted by Crippen LogP contribution is 2.32. The van der Waals surface area contributed by atoms with Crippen molar-refractivity contribution < 1.29 is 26.0 Å². The van der Waals surface area contributed by atoms with Gasteiger partial charge in [-0.2, -0.15) is 17.5 Å². The van der Waals surface area contributed by atoms with Crippen LogP contribution < -0.4 is 4.90 Å². The van der Waals surface area contributed by atoms with Crippen LogP contribution in [-0.2, 0) is 16.2 Å². The lowest BCUT2D eigenvalue weighted by molar-refractivity contribution is -0.137. The van der Waals surface area contributed by atoms with Crippen LogP contribution in [0, 0.1) is 5.82 Å². The zero-order valence-electron chi connectivity index (χ0n) is 16.6. The maximum Gasteiger partial charge on any atom is 0.416 e. The highest BCUT2D eigenvalue weighted by Gasteiger charge is 2.31. The predicted octanol–water partition coefficient (Wildman–Crippen LogP) is 3.81. The minimum absolute atomic E-state index is 0.117. The number of sulfonamides is 1. The van der Waals surface area contributed by atoms with Gasteiger partial charge >= 0.3 is 6.18 Å². The topological polar surface area (TPSA) is 66.4 Å². The summed E-state index contributed by atoms with van der Waals surface area (Å²) in [5.41, 5.74) is -0.141. The first kappa shape index (κ1) is 22.2. The molecular weight excluding hydrogens is 448 g/mol. The standard InChI is InChI=1S/C21H18F4N4O2S/c22-17-5-2-6-18(14-17)32(30,31)29-11-9-28(10-12-29)20-26-8-7-19(27-20)15-3-1-4-16(13-15)21(23,24)25/h1-8,13-14H,9-12H2. The number of rotatable bonds is 4. The molecule has 0 amide bonds. The second-order valence-electron chi connectivity index (χ2n) is 7.17. The van der Waals surface area contributed by atoms with E-state index < -0.39 is 27.6 Å². The molecular formula is C21H18F4N4O2S. The number of halogens is 4. The Bertz CT molecular complexity index is 1230. The Morgan fingerprint density at radius 3 is 2.31 bits per heavy atom. The number of piperazine rings is 1. The normalized spacial score (nSPS) is 15.7. The Kier molecular flexibility index (Phi) is 5.87. The highest BCUT2D eigenvalue weighted by atomic mass is 32.2. The maximum absolute atomic E-state index is 13.4. The molecule has 2 aromatic carbocycles. The fraction of sp³-hybridized carbons (Fsp3) is 0.238. The summed E-state index contributed by atoms with van der Waals surface area (Å²) in [6, 6.07) is 11.2. The minimum atomic E-state index is -4.46. The van der Waals surface area contributed by atoms with Crippen LogP contribution in [0.15, 0.2) is 65.7 Å². The van der Waals surface area contributed by atoms with Crippen molar-refractivity contribution in [1.29, 1.82) is 0 Å². The molecule has 0 N–H and O–H groups in total. The van der Waals surface area contributed by atoms with E-state index in [9.17, 15) is 26.0 Å². The van der Waals surface area contributed by atoms with Crippen molar-refractivity contribution in [3.8, 4) is 11.3 Å². The number of hydrogen-bond acceptors (Lipinski definition) is 5. The van der Waals surface area contributed by atoms with Crippen molar-refractivity contribution in [3.63, 3.8) is 0 Å². The van der Waals surface area contributed by atoms with E-state index in [2.05, 4.69) is 9.97 Å². The van der Waals surface area contributed by atoms with Crippen molar-refractivity contribution in [2.24, 2.45) is 0 Å². The van der Waals surface area contributed by atoms with E-state index in [1.54, 1.807) is 4.90 Å². The third kappa shape index (κ3) is 4.58. The Balaban J connectivity index is 1.50. The highest BCUT2D eigenvalue weighted by molar-refractivity contribution is 7.89. The molecule has 0 spiro atoms. The first-order chi connectivity index (χ1) is 15.1. The van der Waals surface area contributed by atoms with E-state index in [1.807, 2.05) is 0 Å². The predicted molar refractivity (Wildman–Crippen MR) is 110 cm³/mol. The van der Waals surface area contributed by atoms with Crippen molar-refractivity contribution in [3.05, 3.63) is 72.2 Å². The van der Waals surface area contributed by atoms with Crippen LogP contribution in [0.3, 0.4) is 0 Å². The molecule has 11 heteroatoms. The number of benzene rings is 2. The van der Waals surface area contributed by atoms with Crippen LogP contribution in [0.1, 0.15) is 5.56 Å². The van der Waals surface area contributed by atoms with Crippen molar-refractivity contribution >= 4 is 16.0 Å². The maximum atomic E-state index is 13.4. The van der Waals surface area contributed by atoms with E-state index in [4.69, 9.17) is 0 Å². The number of hydrogen-bond donors (Lipinski definition) is 0. The molecule has 6 nitrogen and oxygen atoms in total. The molecule has 4 rings (SSSR count). The fourth-order valence-electron chi connectivity index (χ4n) is 3.42. The molecule has 0 unspecified atom stereocenters. The van der Waals surface area contributed by atoms with Crippen LogP contribution in [0.5, 0.6) is 0 Å². The Hall–Kier alpha value is -3.05. The van der Waals surface area contributed by atoms with Gasteiger partial charge in [0.15, 0.2) is 0 Å². The summed E-state index contributed by atoms with van der Waals surface area (Å²) >= 11 is 0. The number of anilines is 1. The average molecular weight is 466 g/mol. The Morgan fingerprint density at radius 2 is 1.62 bits per heavy atom. The molecule has 168 valence electrons. The molecule has 1 saturated heterocycles. The summed E-state index contributed by atoms with van der Waals surface area (Å²) < 4.78 is 79.3. The van der Waals surface area contributed by atoms with Crippen LogP contribution in [0.2, 0.25) is 0 Å². The average Bonchev–Trinajstić information content (AvgIpc) is 2.79. The molecule has 1 aliphatic rings. The minimum Gasteiger partial charge on any atom is -0.338 e. The molecule has 0 radical (unpaired) electrons. The van der Waals surface area contributed by atoms with Gasteiger partial charge in [0.05, 0.1) is 16.2 Å². The Morgan fingerprint density at radius 1 is 0.906 bits per heavy atom. The summed E-state index contributed by atoms with van der Waals surface area (Å²) in [5, 5.41) is 0. The number of aromatic nitrogens is 2. The summed E-state index contributed by atoms with van der Waals surface area (Å²) in [4.78, 5) is 10.2. The van der Waals surface area contributed by atoms with E-state index in [0.717, 1.165) is 18.2 Å². The van der Waals surface area contributed by atoms with Gasteiger partial charge in [0, 0.05) is 37.9 Å². The lowest BCUT2D eigenvalue weighted by atomic mass is 10.1. The van der Waals surface area contributed by atoms with E-state index in [0.29, 0.717) is 17.2 Å². The Labute approximate surface area is 182 Å². The van der Waals surface area contributed by atoms with Crippen molar-refractivity contribution in [2.75, 3.05) is 31.1 Å². The lowest BCUT2D eigenvalue weighted by Crippen LogP contribution is -2.49. The first-order valence-corrected chi connectivity index (χ1v) is 11.1. The number of nitrogens with zero attached hydrogens (tertiary/aromatic N) is 4. The van der Waals surface area contributed by atoms with Gasteiger partial charge in [-0.25, -0.2) is 22.8 Å². The molecule has 0 aliphatic carbocycles. The molecule has 1 aromatic heterocycles. The van der Waals surface area contributed by atoms with Crippen molar-refractivity contribution in [2.45, 2.75) is 11.1 Å². The monoisotopic (exact) mass is 466 g/mol. The van der Waals surface area contributed by atoms with E-state index in [1.165, 1.54) is 46.9 Å². The first-order valence-electron chi connectivity index (χ1n) is 9.66. The van der Waals surface area contributed by atoms with Gasteiger partial charge in [0.1, 0.15) is 5.82 Å². The third-order valence-corrected chi connectivity index (χ3v) is 6.98. The second kappa shape index (κ2) is 8.47. The molecule has 1 fully saturated rings. The van der Waals surface area contributed by atoms with Crippen LogP contribution in [0.4, 0.5) is 23.5 Å². The molecule has 3 aromatic rings. The van der Waals surface area contributed by atoms with Gasteiger partial charge < -0.3 is 4.90 Å². The van der Waals surface area contributed by atoms with Crippen LogP contribution >= 0.6 is 0 Å². The van der Waals surface area contributed by atoms with Gasteiger partial charge in [-0.3, -0.25) is 0 Å². The smallest absolute Gasteiger partial charge is 0.338 e. The second-order valence-corrected chi connectivity index (χ2v) is 9.11. The van der Waals surface area contributed by atoms with Gasteiger partial charge in [0.2, 0.25) is 16.0 Å². The largest absolute Gasteiger partial charge is 0.416 e. The molecule has 2 heterocycles. The summed E-state index contributed by atoms with van der Waals surface area (Å²) in [6.45, 7) is 0.827. The molecule has 1 aliphatic heterocycles. The van der Waals surface area contributed by atoms with E-state index >= 15 is 0 Å². The molecule has 0 atom stereocenters.